The lowest BCUT2D eigenvalue weighted by Gasteiger charge is -2.10. The number of rotatable bonds is 4. The molecule has 0 unspecified atom stereocenters. The van der Waals surface area contributed by atoms with E-state index in [1.165, 1.54) is 11.3 Å². The summed E-state index contributed by atoms with van der Waals surface area (Å²) >= 11 is 1.44. The van der Waals surface area contributed by atoms with Crippen molar-refractivity contribution < 1.29 is 9.53 Å². The van der Waals surface area contributed by atoms with Crippen molar-refractivity contribution in [3.05, 3.63) is 71.2 Å². The highest BCUT2D eigenvalue weighted by Crippen LogP contribution is 2.26. The van der Waals surface area contributed by atoms with E-state index >= 15 is 0 Å². The number of carbonyl (C=O) groups is 1. The summed E-state index contributed by atoms with van der Waals surface area (Å²) in [5.41, 5.74) is 0.471. The maximum absolute atomic E-state index is 12.4. The van der Waals surface area contributed by atoms with Crippen LogP contribution in [0, 0.1) is 6.92 Å². The number of anilines is 1. The fraction of sp³-hybridized carbons (Fsp3) is 0.0588. The molecule has 0 aliphatic rings. The summed E-state index contributed by atoms with van der Waals surface area (Å²) in [5, 5.41) is 3.37. The molecule has 1 aromatic heterocycles. The molecule has 110 valence electrons. The van der Waals surface area contributed by atoms with Gasteiger partial charge in [-0.25, -0.2) is 4.98 Å². The molecule has 0 aliphatic heterocycles. The van der Waals surface area contributed by atoms with Crippen LogP contribution in [-0.2, 0) is 0 Å². The Hall–Kier alpha value is -2.66. The predicted octanol–water partition coefficient (Wildman–Crippen LogP) is 4.50. The van der Waals surface area contributed by atoms with E-state index in [1.807, 2.05) is 43.3 Å². The summed E-state index contributed by atoms with van der Waals surface area (Å²) in [6.45, 7) is 1.94. The van der Waals surface area contributed by atoms with Gasteiger partial charge in [0.1, 0.15) is 11.5 Å². The molecule has 1 N–H and O–H groups in total. The normalized spacial score (nSPS) is 10.2. The van der Waals surface area contributed by atoms with Crippen molar-refractivity contribution in [3.63, 3.8) is 0 Å². The third-order valence-corrected chi connectivity index (χ3v) is 3.77. The third kappa shape index (κ3) is 3.32. The highest BCUT2D eigenvalue weighted by atomic mass is 32.1. The summed E-state index contributed by atoms with van der Waals surface area (Å²) in [7, 11) is 0. The first kappa shape index (κ1) is 14.3. The summed E-state index contributed by atoms with van der Waals surface area (Å²) in [6.07, 6.45) is 1.73. The molecule has 0 spiro atoms. The van der Waals surface area contributed by atoms with Crippen LogP contribution in [0.3, 0.4) is 0 Å². The topological polar surface area (TPSA) is 51.2 Å². The lowest BCUT2D eigenvalue weighted by atomic mass is 10.2. The molecule has 0 fully saturated rings. The van der Waals surface area contributed by atoms with Crippen molar-refractivity contribution in [3.8, 4) is 11.5 Å². The number of nitrogens with one attached hydrogen (secondary N) is 1. The van der Waals surface area contributed by atoms with Gasteiger partial charge >= 0.3 is 0 Å². The number of amides is 1. The Bertz CT molecular complexity index is 784. The first-order valence-corrected chi connectivity index (χ1v) is 7.60. The minimum atomic E-state index is -0.235. The number of aromatic nitrogens is 1. The van der Waals surface area contributed by atoms with E-state index in [4.69, 9.17) is 4.74 Å². The minimum Gasteiger partial charge on any atom is -0.457 e. The number of thiazole rings is 1. The van der Waals surface area contributed by atoms with E-state index in [1.54, 1.807) is 24.4 Å². The molecular weight excluding hydrogens is 296 g/mol. The first-order chi connectivity index (χ1) is 10.7. The van der Waals surface area contributed by atoms with Gasteiger partial charge in [-0.1, -0.05) is 30.3 Å². The minimum absolute atomic E-state index is 0.235. The van der Waals surface area contributed by atoms with E-state index < -0.39 is 0 Å². The van der Waals surface area contributed by atoms with Crippen LogP contribution in [0.5, 0.6) is 11.5 Å². The van der Waals surface area contributed by atoms with Crippen molar-refractivity contribution in [1.82, 2.24) is 4.98 Å². The van der Waals surface area contributed by atoms with Crippen LogP contribution in [0.25, 0.3) is 0 Å². The largest absolute Gasteiger partial charge is 0.457 e. The molecule has 4 nitrogen and oxygen atoms in total. The van der Waals surface area contributed by atoms with Gasteiger partial charge in [-0.3, -0.25) is 10.1 Å². The second-order valence-electron chi connectivity index (χ2n) is 4.64. The SMILES string of the molecule is Cc1cnc(NC(=O)c2ccccc2Oc2ccccc2)s1. The monoisotopic (exact) mass is 310 g/mol. The van der Waals surface area contributed by atoms with E-state index in [0.29, 0.717) is 22.2 Å². The van der Waals surface area contributed by atoms with Gasteiger partial charge in [-0.15, -0.1) is 11.3 Å². The molecule has 0 aliphatic carbocycles. The van der Waals surface area contributed by atoms with Gasteiger partial charge in [0.25, 0.3) is 5.91 Å². The second kappa shape index (κ2) is 6.41. The van der Waals surface area contributed by atoms with Crippen molar-refractivity contribution in [2.75, 3.05) is 5.32 Å². The van der Waals surface area contributed by atoms with Crippen LogP contribution in [0.15, 0.2) is 60.8 Å². The Balaban J connectivity index is 1.83. The highest BCUT2D eigenvalue weighted by molar-refractivity contribution is 7.15. The first-order valence-electron chi connectivity index (χ1n) is 6.78. The quantitative estimate of drug-likeness (QED) is 0.772. The number of nitrogens with zero attached hydrogens (tertiary/aromatic N) is 1. The van der Waals surface area contributed by atoms with Crippen LogP contribution in [0.4, 0.5) is 5.13 Å². The molecule has 5 heteroatoms. The number of ether oxygens (including phenoxy) is 1. The molecule has 0 atom stereocenters. The molecule has 1 amide bonds. The van der Waals surface area contributed by atoms with Crippen LogP contribution >= 0.6 is 11.3 Å². The van der Waals surface area contributed by atoms with Gasteiger partial charge in [0, 0.05) is 11.1 Å². The number of aryl methyl sites for hydroxylation is 1. The average molecular weight is 310 g/mol. The molecule has 1 heterocycles. The zero-order chi connectivity index (χ0) is 15.4. The van der Waals surface area contributed by atoms with Crippen molar-refractivity contribution >= 4 is 22.4 Å². The third-order valence-electron chi connectivity index (χ3n) is 2.94. The Morgan fingerprint density at radius 2 is 1.82 bits per heavy atom. The molecule has 0 saturated carbocycles. The molecule has 22 heavy (non-hydrogen) atoms. The van der Waals surface area contributed by atoms with Gasteiger partial charge in [-0.2, -0.15) is 0 Å². The van der Waals surface area contributed by atoms with E-state index in [2.05, 4.69) is 10.3 Å². The smallest absolute Gasteiger partial charge is 0.261 e. The van der Waals surface area contributed by atoms with Gasteiger partial charge in [0.15, 0.2) is 5.13 Å². The number of hydrogen-bond donors (Lipinski definition) is 1. The molecule has 0 saturated heterocycles. The molecule has 3 aromatic rings. The Labute approximate surface area is 132 Å². The second-order valence-corrected chi connectivity index (χ2v) is 5.88. The van der Waals surface area contributed by atoms with Crippen LogP contribution in [0.1, 0.15) is 15.2 Å². The summed E-state index contributed by atoms with van der Waals surface area (Å²) < 4.78 is 5.80. The van der Waals surface area contributed by atoms with Crippen LogP contribution in [0.2, 0.25) is 0 Å². The van der Waals surface area contributed by atoms with Crippen LogP contribution < -0.4 is 10.1 Å². The highest BCUT2D eigenvalue weighted by Gasteiger charge is 2.14. The lowest BCUT2D eigenvalue weighted by Crippen LogP contribution is -2.12. The number of benzene rings is 2. The molecular formula is C17H14N2O2S. The Morgan fingerprint density at radius 3 is 2.55 bits per heavy atom. The Kier molecular flexibility index (Phi) is 4.16. The molecule has 2 aromatic carbocycles. The molecule has 0 radical (unpaired) electrons. The lowest BCUT2D eigenvalue weighted by molar-refractivity contribution is 0.102. The number of para-hydroxylation sites is 2. The zero-order valence-corrected chi connectivity index (χ0v) is 12.8. The van der Waals surface area contributed by atoms with Gasteiger partial charge in [0.2, 0.25) is 0 Å². The Morgan fingerprint density at radius 1 is 1.09 bits per heavy atom. The molecule has 3 rings (SSSR count). The van der Waals surface area contributed by atoms with Gasteiger partial charge in [-0.05, 0) is 31.2 Å². The van der Waals surface area contributed by atoms with Gasteiger partial charge < -0.3 is 4.74 Å². The summed E-state index contributed by atoms with van der Waals surface area (Å²) in [5.74, 6) is 0.966. The van der Waals surface area contributed by atoms with E-state index in [0.717, 1.165) is 4.88 Å². The zero-order valence-electron chi connectivity index (χ0n) is 11.9. The fourth-order valence-electron chi connectivity index (χ4n) is 1.94. The van der Waals surface area contributed by atoms with Crippen LogP contribution in [-0.4, -0.2) is 10.9 Å². The summed E-state index contributed by atoms with van der Waals surface area (Å²) in [4.78, 5) is 17.6. The maximum Gasteiger partial charge on any atom is 0.261 e. The predicted molar refractivity (Wildman–Crippen MR) is 87.8 cm³/mol. The van der Waals surface area contributed by atoms with E-state index in [9.17, 15) is 4.79 Å². The van der Waals surface area contributed by atoms with Crippen molar-refractivity contribution in [2.24, 2.45) is 0 Å². The fourth-order valence-corrected chi connectivity index (χ4v) is 2.60. The summed E-state index contributed by atoms with van der Waals surface area (Å²) in [6, 6.07) is 16.5. The van der Waals surface area contributed by atoms with Gasteiger partial charge in [0.05, 0.1) is 5.56 Å². The van der Waals surface area contributed by atoms with Crippen molar-refractivity contribution in [2.45, 2.75) is 6.92 Å². The maximum atomic E-state index is 12.4. The number of hydrogen-bond acceptors (Lipinski definition) is 4. The van der Waals surface area contributed by atoms with Crippen molar-refractivity contribution in [1.29, 1.82) is 0 Å². The number of carbonyl (C=O) groups excluding carboxylic acids is 1. The average Bonchev–Trinajstić information content (AvgIpc) is 2.94. The molecule has 0 bridgehead atoms. The van der Waals surface area contributed by atoms with E-state index in [-0.39, 0.29) is 5.91 Å². The standard InChI is InChI=1S/C17H14N2O2S/c1-12-11-18-17(22-12)19-16(20)14-9-5-6-10-15(14)21-13-7-3-2-4-8-13/h2-11H,1H3,(H,18,19,20).